The van der Waals surface area contributed by atoms with Gasteiger partial charge in [-0.05, 0) is 41.0 Å². The van der Waals surface area contributed by atoms with Gasteiger partial charge in [-0.3, -0.25) is 0 Å². The minimum absolute atomic E-state index is 0.0480. The molecule has 0 radical (unpaired) electrons. The number of hydrogen-bond acceptors (Lipinski definition) is 7. The maximum atomic E-state index is 10.5. The summed E-state index contributed by atoms with van der Waals surface area (Å²) in [6.07, 6.45) is 0. The molecule has 0 aliphatic rings. The van der Waals surface area contributed by atoms with Crippen molar-refractivity contribution in [3.05, 3.63) is 84.4 Å². The molecule has 4 rings (SSSR count). The molecule has 0 aliphatic carbocycles. The van der Waals surface area contributed by atoms with Crippen LogP contribution in [-0.2, 0) is 6.54 Å². The number of anilines is 2. The summed E-state index contributed by atoms with van der Waals surface area (Å²) in [5, 5.41) is 29.7. The van der Waals surface area contributed by atoms with Gasteiger partial charge < -0.3 is 26.0 Å². The second-order valence-corrected chi connectivity index (χ2v) is 7.38. The van der Waals surface area contributed by atoms with Crippen LogP contribution in [0.4, 0.5) is 11.8 Å². The van der Waals surface area contributed by atoms with Crippen molar-refractivity contribution in [3.8, 4) is 33.9 Å². The van der Waals surface area contributed by atoms with E-state index >= 15 is 0 Å². The Hall–Kier alpha value is -4.10. The van der Waals surface area contributed by atoms with Gasteiger partial charge in [-0.2, -0.15) is 4.98 Å². The Balaban J connectivity index is 1.73. The molecule has 4 aromatic rings. The fraction of sp³-hybridized carbons (Fsp3) is 0.120. The van der Waals surface area contributed by atoms with Crippen LogP contribution >= 0.6 is 0 Å². The Kier molecular flexibility index (Phi) is 6.19. The summed E-state index contributed by atoms with van der Waals surface area (Å²) in [6, 6.07) is 23.7. The van der Waals surface area contributed by atoms with Gasteiger partial charge in [0, 0.05) is 24.7 Å². The van der Waals surface area contributed by atoms with Crippen molar-refractivity contribution in [3.63, 3.8) is 0 Å². The fourth-order valence-electron chi connectivity index (χ4n) is 3.53. The van der Waals surface area contributed by atoms with Crippen LogP contribution in [0.1, 0.15) is 5.56 Å². The number of aliphatic hydroxyl groups excluding tert-OH is 1. The first-order chi connectivity index (χ1) is 15.5. The predicted molar refractivity (Wildman–Crippen MR) is 125 cm³/mol. The van der Waals surface area contributed by atoms with Crippen LogP contribution in [0.2, 0.25) is 0 Å². The molecule has 0 spiro atoms. The number of hydrogen-bond donors (Lipinski definition) is 4. The van der Waals surface area contributed by atoms with E-state index in [0.717, 1.165) is 16.7 Å². The van der Waals surface area contributed by atoms with Crippen molar-refractivity contribution in [1.29, 1.82) is 0 Å². The van der Waals surface area contributed by atoms with Gasteiger partial charge in [0.1, 0.15) is 17.3 Å². The molecule has 0 bridgehead atoms. The summed E-state index contributed by atoms with van der Waals surface area (Å²) in [7, 11) is 0. The van der Waals surface area contributed by atoms with E-state index in [2.05, 4.69) is 9.97 Å². The first-order valence-electron chi connectivity index (χ1n) is 10.2. The van der Waals surface area contributed by atoms with Crippen molar-refractivity contribution in [1.82, 2.24) is 9.97 Å². The molecule has 0 amide bonds. The highest BCUT2D eigenvalue weighted by Gasteiger charge is 2.15. The molecule has 7 nitrogen and oxygen atoms in total. The first kappa shape index (κ1) is 21.1. The monoisotopic (exact) mass is 428 g/mol. The number of nitrogens with two attached hydrogens (primary N) is 1. The van der Waals surface area contributed by atoms with E-state index in [9.17, 15) is 15.3 Å². The van der Waals surface area contributed by atoms with Crippen LogP contribution in [-0.4, -0.2) is 38.4 Å². The molecular weight excluding hydrogens is 404 g/mol. The molecule has 3 aromatic carbocycles. The average Bonchev–Trinajstić information content (AvgIpc) is 2.80. The molecule has 162 valence electrons. The third kappa shape index (κ3) is 4.79. The summed E-state index contributed by atoms with van der Waals surface area (Å²) in [6.45, 7) is 0.856. The van der Waals surface area contributed by atoms with E-state index in [1.165, 1.54) is 0 Å². The van der Waals surface area contributed by atoms with Crippen molar-refractivity contribution in [2.75, 3.05) is 23.8 Å². The molecule has 0 atom stereocenters. The highest BCUT2D eigenvalue weighted by molar-refractivity contribution is 5.77. The third-order valence-electron chi connectivity index (χ3n) is 5.11. The Bertz CT molecular complexity index is 1200. The molecule has 0 unspecified atom stereocenters. The zero-order valence-corrected chi connectivity index (χ0v) is 17.4. The van der Waals surface area contributed by atoms with Crippen LogP contribution in [0.3, 0.4) is 0 Å². The lowest BCUT2D eigenvalue weighted by molar-refractivity contribution is 0.301. The smallest absolute Gasteiger partial charge is 0.222 e. The van der Waals surface area contributed by atoms with Gasteiger partial charge in [-0.25, -0.2) is 4.98 Å². The molecule has 32 heavy (non-hydrogen) atoms. The number of phenolic OH excluding ortho intramolecular Hbond substituents is 2. The summed E-state index contributed by atoms with van der Waals surface area (Å²) < 4.78 is 0. The second kappa shape index (κ2) is 9.36. The van der Waals surface area contributed by atoms with Crippen LogP contribution in [0.15, 0.2) is 78.9 Å². The van der Waals surface area contributed by atoms with E-state index < -0.39 is 0 Å². The molecule has 0 aliphatic heterocycles. The molecule has 0 fully saturated rings. The Morgan fingerprint density at radius 2 is 1.53 bits per heavy atom. The number of aromatic hydroxyl groups is 2. The molecule has 0 saturated carbocycles. The number of rotatable bonds is 7. The number of nitrogens with zero attached hydrogens (tertiary/aromatic N) is 3. The predicted octanol–water partition coefficient (Wildman–Crippen LogP) is 3.80. The zero-order chi connectivity index (χ0) is 22.5. The molecule has 0 saturated heterocycles. The van der Waals surface area contributed by atoms with Gasteiger partial charge in [0.05, 0.1) is 12.3 Å². The summed E-state index contributed by atoms with van der Waals surface area (Å²) in [5.41, 5.74) is 9.81. The number of aliphatic hydroxyl groups is 1. The van der Waals surface area contributed by atoms with Crippen LogP contribution in [0.25, 0.3) is 22.4 Å². The Morgan fingerprint density at radius 3 is 2.25 bits per heavy atom. The second-order valence-electron chi connectivity index (χ2n) is 7.38. The van der Waals surface area contributed by atoms with E-state index in [1.54, 1.807) is 42.5 Å². The topological polar surface area (TPSA) is 116 Å². The van der Waals surface area contributed by atoms with Gasteiger partial charge in [0.25, 0.3) is 0 Å². The maximum Gasteiger partial charge on any atom is 0.222 e. The Labute approximate surface area is 186 Å². The molecule has 5 N–H and O–H groups in total. The van der Waals surface area contributed by atoms with Crippen molar-refractivity contribution in [2.24, 2.45) is 0 Å². The van der Waals surface area contributed by atoms with E-state index in [0.29, 0.717) is 30.2 Å². The summed E-state index contributed by atoms with van der Waals surface area (Å²) >= 11 is 0. The fourth-order valence-corrected chi connectivity index (χ4v) is 3.53. The van der Waals surface area contributed by atoms with Crippen LogP contribution in [0.5, 0.6) is 11.5 Å². The third-order valence-corrected chi connectivity index (χ3v) is 5.11. The van der Waals surface area contributed by atoms with E-state index in [1.807, 2.05) is 41.3 Å². The van der Waals surface area contributed by atoms with Crippen LogP contribution in [0, 0.1) is 0 Å². The molecule has 1 heterocycles. The molecule has 7 heteroatoms. The highest BCUT2D eigenvalue weighted by Crippen LogP contribution is 2.34. The molecule has 1 aromatic heterocycles. The number of nitrogen functional groups attached to an aromatic ring is 1. The minimum Gasteiger partial charge on any atom is -0.508 e. The normalized spacial score (nSPS) is 10.8. The average molecular weight is 428 g/mol. The Morgan fingerprint density at radius 1 is 0.812 bits per heavy atom. The largest absolute Gasteiger partial charge is 0.508 e. The summed E-state index contributed by atoms with van der Waals surface area (Å²) in [4.78, 5) is 10.6. The maximum absolute atomic E-state index is 10.5. The zero-order valence-electron chi connectivity index (χ0n) is 17.4. The van der Waals surface area contributed by atoms with Crippen molar-refractivity contribution < 1.29 is 15.3 Å². The van der Waals surface area contributed by atoms with Gasteiger partial charge in [0.2, 0.25) is 5.95 Å². The summed E-state index contributed by atoms with van der Waals surface area (Å²) in [5.74, 6) is 0.875. The first-order valence-corrected chi connectivity index (χ1v) is 10.2. The molecular formula is C25H24N4O3. The quantitative estimate of drug-likeness (QED) is 0.354. The highest BCUT2D eigenvalue weighted by atomic mass is 16.3. The number of benzene rings is 3. The number of phenols is 2. The lowest BCUT2D eigenvalue weighted by Gasteiger charge is -2.23. The lowest BCUT2D eigenvalue weighted by Crippen LogP contribution is -2.27. The standard InChI is InChI=1S/C25H24N4O3/c26-25-27-22(15-24(28-25)29(12-13-30)16-17-4-2-1-3-5-17)21-14-19(8-11-23(21)32)18-6-9-20(31)10-7-18/h1-11,14-15,30-32H,12-13,16H2,(H2,26,27,28). The SMILES string of the molecule is Nc1nc(-c2cc(-c3ccc(O)cc3)ccc2O)cc(N(CCO)Cc2ccccc2)n1. The van der Waals surface area contributed by atoms with Crippen molar-refractivity contribution in [2.45, 2.75) is 6.54 Å². The minimum atomic E-state index is -0.0480. The van der Waals surface area contributed by atoms with Gasteiger partial charge in [0.15, 0.2) is 0 Å². The van der Waals surface area contributed by atoms with E-state index in [4.69, 9.17) is 5.73 Å². The van der Waals surface area contributed by atoms with E-state index in [-0.39, 0.29) is 24.1 Å². The number of aromatic nitrogens is 2. The van der Waals surface area contributed by atoms with Gasteiger partial charge in [-0.1, -0.05) is 48.5 Å². The van der Waals surface area contributed by atoms with Crippen molar-refractivity contribution >= 4 is 11.8 Å². The van der Waals surface area contributed by atoms with Gasteiger partial charge >= 0.3 is 0 Å². The van der Waals surface area contributed by atoms with Crippen LogP contribution < -0.4 is 10.6 Å². The van der Waals surface area contributed by atoms with Gasteiger partial charge in [-0.15, -0.1) is 0 Å². The lowest BCUT2D eigenvalue weighted by atomic mass is 10.0.